The zero-order chi connectivity index (χ0) is 14.5. The van der Waals surface area contributed by atoms with E-state index in [0.29, 0.717) is 13.1 Å². The van der Waals surface area contributed by atoms with Crippen LogP contribution in [0.25, 0.3) is 0 Å². The second kappa shape index (κ2) is 6.51. The van der Waals surface area contributed by atoms with E-state index in [4.69, 9.17) is 11.6 Å². The fraction of sp³-hybridized carbons (Fsp3) is 0.500. The first-order valence-corrected chi connectivity index (χ1v) is 6.85. The molecule has 1 aliphatic heterocycles. The number of anilines is 1. The van der Waals surface area contributed by atoms with Gasteiger partial charge in [-0.25, -0.2) is 4.98 Å². The standard InChI is InChI=1S/C12H15ClN4O3/c13-8-11(18)16-6-3-9(4-7-16)15-12-10(17(19)20)2-1-5-14-12/h1-2,5,9H,3-4,6-8H2,(H,14,15). The lowest BCUT2D eigenvalue weighted by Crippen LogP contribution is -2.43. The van der Waals surface area contributed by atoms with E-state index in [9.17, 15) is 14.9 Å². The minimum Gasteiger partial charge on any atom is -0.361 e. The van der Waals surface area contributed by atoms with Crippen molar-refractivity contribution in [3.05, 3.63) is 28.4 Å². The Morgan fingerprint density at radius 2 is 2.25 bits per heavy atom. The average molecular weight is 299 g/mol. The molecule has 1 aromatic heterocycles. The Morgan fingerprint density at radius 1 is 1.55 bits per heavy atom. The lowest BCUT2D eigenvalue weighted by molar-refractivity contribution is -0.384. The molecule has 1 aliphatic rings. The van der Waals surface area contributed by atoms with Crippen LogP contribution in [0.2, 0.25) is 0 Å². The number of nitrogens with zero attached hydrogens (tertiary/aromatic N) is 3. The topological polar surface area (TPSA) is 88.4 Å². The largest absolute Gasteiger partial charge is 0.361 e. The molecule has 0 aliphatic carbocycles. The van der Waals surface area contributed by atoms with Gasteiger partial charge in [-0.15, -0.1) is 11.6 Å². The molecule has 2 heterocycles. The summed E-state index contributed by atoms with van der Waals surface area (Å²) in [7, 11) is 0. The van der Waals surface area contributed by atoms with Gasteiger partial charge in [-0.3, -0.25) is 14.9 Å². The van der Waals surface area contributed by atoms with E-state index in [1.165, 1.54) is 18.3 Å². The number of amides is 1. The van der Waals surface area contributed by atoms with Crippen LogP contribution in [0.4, 0.5) is 11.5 Å². The highest BCUT2D eigenvalue weighted by molar-refractivity contribution is 6.27. The number of carbonyl (C=O) groups is 1. The Bertz CT molecular complexity index is 503. The smallest absolute Gasteiger partial charge is 0.311 e. The Balaban J connectivity index is 1.96. The number of hydrogen-bond acceptors (Lipinski definition) is 5. The highest BCUT2D eigenvalue weighted by atomic mass is 35.5. The molecule has 1 N–H and O–H groups in total. The van der Waals surface area contributed by atoms with Crippen LogP contribution < -0.4 is 5.32 Å². The normalized spacial score (nSPS) is 15.9. The molecule has 0 radical (unpaired) electrons. The first kappa shape index (κ1) is 14.5. The van der Waals surface area contributed by atoms with Gasteiger partial charge in [0.25, 0.3) is 0 Å². The molecule has 1 saturated heterocycles. The summed E-state index contributed by atoms with van der Waals surface area (Å²) >= 11 is 5.52. The number of rotatable bonds is 4. The number of halogens is 1. The molecule has 0 spiro atoms. The van der Waals surface area contributed by atoms with Crippen LogP contribution >= 0.6 is 11.6 Å². The fourth-order valence-corrected chi connectivity index (χ4v) is 2.38. The van der Waals surface area contributed by atoms with Gasteiger partial charge in [0.1, 0.15) is 5.88 Å². The van der Waals surface area contributed by atoms with E-state index in [1.54, 1.807) is 4.90 Å². The summed E-state index contributed by atoms with van der Waals surface area (Å²) in [5.74, 6) is 0.192. The van der Waals surface area contributed by atoms with Crippen LogP contribution in [0, 0.1) is 10.1 Å². The lowest BCUT2D eigenvalue weighted by Gasteiger charge is -2.32. The Morgan fingerprint density at radius 3 is 2.85 bits per heavy atom. The first-order valence-electron chi connectivity index (χ1n) is 6.31. The highest BCUT2D eigenvalue weighted by Gasteiger charge is 2.24. The van der Waals surface area contributed by atoms with Crippen molar-refractivity contribution in [1.82, 2.24) is 9.88 Å². The molecule has 0 aromatic carbocycles. The van der Waals surface area contributed by atoms with Gasteiger partial charge in [0.05, 0.1) is 4.92 Å². The fourth-order valence-electron chi connectivity index (χ4n) is 2.21. The monoisotopic (exact) mass is 298 g/mol. The maximum atomic E-state index is 11.4. The zero-order valence-electron chi connectivity index (χ0n) is 10.8. The SMILES string of the molecule is O=C(CCl)N1CCC(Nc2ncccc2[N+](=O)[O-])CC1. The molecule has 0 atom stereocenters. The van der Waals surface area contributed by atoms with Gasteiger partial charge in [0.15, 0.2) is 0 Å². The summed E-state index contributed by atoms with van der Waals surface area (Å²) in [5.41, 5.74) is -0.0354. The second-order valence-corrected chi connectivity index (χ2v) is 4.83. The van der Waals surface area contributed by atoms with Gasteiger partial charge in [-0.1, -0.05) is 0 Å². The van der Waals surface area contributed by atoms with Gasteiger partial charge in [0.2, 0.25) is 11.7 Å². The second-order valence-electron chi connectivity index (χ2n) is 4.56. The summed E-state index contributed by atoms with van der Waals surface area (Å²) in [5, 5.41) is 14.0. The van der Waals surface area contributed by atoms with E-state index >= 15 is 0 Å². The van der Waals surface area contributed by atoms with Crippen LogP contribution in [0.1, 0.15) is 12.8 Å². The van der Waals surface area contributed by atoms with E-state index in [0.717, 1.165) is 12.8 Å². The van der Waals surface area contributed by atoms with Crippen molar-refractivity contribution in [1.29, 1.82) is 0 Å². The van der Waals surface area contributed by atoms with Crippen LogP contribution in [0.5, 0.6) is 0 Å². The van der Waals surface area contributed by atoms with Crippen LogP contribution in [-0.4, -0.2) is 45.7 Å². The third-order valence-electron chi connectivity index (χ3n) is 3.29. The maximum Gasteiger partial charge on any atom is 0.311 e. The van der Waals surface area contributed by atoms with Crippen molar-refractivity contribution in [2.24, 2.45) is 0 Å². The minimum absolute atomic E-state index is 0.0101. The molecule has 108 valence electrons. The van der Waals surface area contributed by atoms with E-state index < -0.39 is 4.92 Å². The first-order chi connectivity index (χ1) is 9.61. The quantitative estimate of drug-likeness (QED) is 0.518. The lowest BCUT2D eigenvalue weighted by atomic mass is 10.0. The van der Waals surface area contributed by atoms with Crippen molar-refractivity contribution in [3.63, 3.8) is 0 Å². The van der Waals surface area contributed by atoms with Gasteiger partial charge >= 0.3 is 5.69 Å². The molecule has 0 saturated carbocycles. The van der Waals surface area contributed by atoms with Crippen molar-refractivity contribution < 1.29 is 9.72 Å². The predicted molar refractivity (Wildman–Crippen MR) is 74.8 cm³/mol. The number of carbonyl (C=O) groups excluding carboxylic acids is 1. The van der Waals surface area contributed by atoms with Gasteiger partial charge in [-0.2, -0.15) is 0 Å². The molecule has 0 bridgehead atoms. The Labute approximate surface area is 121 Å². The number of piperidine rings is 1. The number of alkyl halides is 1. The molecule has 20 heavy (non-hydrogen) atoms. The highest BCUT2D eigenvalue weighted by Crippen LogP contribution is 2.23. The molecule has 1 aromatic rings. The predicted octanol–water partition coefficient (Wildman–Crippen LogP) is 1.63. The van der Waals surface area contributed by atoms with Crippen LogP contribution in [0.3, 0.4) is 0 Å². The molecule has 1 fully saturated rings. The number of hydrogen-bond donors (Lipinski definition) is 1. The molecule has 0 unspecified atom stereocenters. The molecule has 1 amide bonds. The van der Waals surface area contributed by atoms with Crippen molar-refractivity contribution in [2.75, 3.05) is 24.3 Å². The maximum absolute atomic E-state index is 11.4. The Hall–Kier alpha value is -1.89. The summed E-state index contributed by atoms with van der Waals surface area (Å²) in [4.78, 5) is 27.6. The van der Waals surface area contributed by atoms with Crippen LogP contribution in [-0.2, 0) is 4.79 Å². The third-order valence-corrected chi connectivity index (χ3v) is 3.51. The molecular formula is C12H15ClN4O3. The Kier molecular flexibility index (Phi) is 4.73. The van der Waals surface area contributed by atoms with Gasteiger partial charge in [0, 0.05) is 31.4 Å². The number of aromatic nitrogens is 1. The van der Waals surface area contributed by atoms with E-state index in [1.807, 2.05) is 0 Å². The zero-order valence-corrected chi connectivity index (χ0v) is 11.5. The molecule has 2 rings (SSSR count). The number of nitrogens with one attached hydrogen (secondary N) is 1. The summed E-state index contributed by atoms with van der Waals surface area (Å²) < 4.78 is 0. The molecule has 8 heteroatoms. The molecule has 7 nitrogen and oxygen atoms in total. The average Bonchev–Trinajstić information content (AvgIpc) is 2.47. The third kappa shape index (κ3) is 3.36. The summed E-state index contributed by atoms with van der Waals surface area (Å²) in [6.45, 7) is 1.20. The summed E-state index contributed by atoms with van der Waals surface area (Å²) in [6, 6.07) is 3.02. The van der Waals surface area contributed by atoms with Crippen molar-refractivity contribution in [2.45, 2.75) is 18.9 Å². The van der Waals surface area contributed by atoms with E-state index in [-0.39, 0.29) is 29.3 Å². The number of pyridine rings is 1. The van der Waals surface area contributed by atoms with Crippen LogP contribution in [0.15, 0.2) is 18.3 Å². The van der Waals surface area contributed by atoms with Gasteiger partial charge in [-0.05, 0) is 18.9 Å². The van der Waals surface area contributed by atoms with Crippen molar-refractivity contribution >= 4 is 29.0 Å². The van der Waals surface area contributed by atoms with Crippen molar-refractivity contribution in [3.8, 4) is 0 Å². The minimum atomic E-state index is -0.457. The number of nitro groups is 1. The summed E-state index contributed by atoms with van der Waals surface area (Å²) in [6.07, 6.45) is 2.95. The van der Waals surface area contributed by atoms with E-state index in [2.05, 4.69) is 10.3 Å². The van der Waals surface area contributed by atoms with Gasteiger partial charge < -0.3 is 10.2 Å². The number of likely N-dealkylation sites (tertiary alicyclic amines) is 1. The molecular weight excluding hydrogens is 284 g/mol.